The van der Waals surface area contributed by atoms with Gasteiger partial charge in [0, 0.05) is 24.7 Å². The lowest BCUT2D eigenvalue weighted by Crippen LogP contribution is -2.24. The molecule has 0 amide bonds. The fourth-order valence-corrected chi connectivity index (χ4v) is 3.93. The second kappa shape index (κ2) is 8.97. The molecule has 0 aliphatic heterocycles. The number of aliphatic hydroxyl groups is 1. The fraction of sp³-hybridized carbons (Fsp3) is 0.190. The Bertz CT molecular complexity index is 1310. The van der Waals surface area contributed by atoms with Crippen molar-refractivity contribution in [2.45, 2.75) is 19.9 Å². The number of ether oxygens (including phenoxy) is 1. The molecule has 2 heterocycles. The molecule has 0 bridgehead atoms. The van der Waals surface area contributed by atoms with Gasteiger partial charge in [0.25, 0.3) is 0 Å². The van der Waals surface area contributed by atoms with Gasteiger partial charge >= 0.3 is 5.69 Å². The van der Waals surface area contributed by atoms with Crippen molar-refractivity contribution in [3.05, 3.63) is 86.9 Å². The van der Waals surface area contributed by atoms with Gasteiger partial charge in [0.15, 0.2) is 11.6 Å². The van der Waals surface area contributed by atoms with Gasteiger partial charge in [-0.05, 0) is 31.2 Å². The second-order valence-electron chi connectivity index (χ2n) is 6.82. The maximum absolute atomic E-state index is 14.7. The molecule has 32 heavy (non-hydrogen) atoms. The zero-order chi connectivity index (χ0) is 22.8. The summed E-state index contributed by atoms with van der Waals surface area (Å²) in [5.74, 6) is -2.37. The first kappa shape index (κ1) is 21.8. The number of benzene rings is 2. The first-order valence-corrected chi connectivity index (χ1v) is 10.3. The number of halogens is 3. The molecule has 2 aromatic heterocycles. The summed E-state index contributed by atoms with van der Waals surface area (Å²) >= 11 is 1.20. The highest BCUT2D eigenvalue weighted by Crippen LogP contribution is 2.33. The highest BCUT2D eigenvalue weighted by atomic mass is 32.1. The van der Waals surface area contributed by atoms with Crippen LogP contribution in [-0.2, 0) is 13.0 Å². The zero-order valence-electron chi connectivity index (χ0n) is 16.8. The lowest BCUT2D eigenvalue weighted by Gasteiger charge is -2.07. The summed E-state index contributed by atoms with van der Waals surface area (Å²) < 4.78 is 50.0. The van der Waals surface area contributed by atoms with Gasteiger partial charge in [-0.3, -0.25) is 4.57 Å². The van der Waals surface area contributed by atoms with Crippen molar-refractivity contribution in [2.75, 3.05) is 6.61 Å². The van der Waals surface area contributed by atoms with E-state index in [0.29, 0.717) is 22.2 Å². The van der Waals surface area contributed by atoms with Crippen molar-refractivity contribution in [2.24, 2.45) is 0 Å². The van der Waals surface area contributed by atoms with Gasteiger partial charge < -0.3 is 9.84 Å². The Morgan fingerprint density at radius 2 is 1.88 bits per heavy atom. The van der Waals surface area contributed by atoms with Gasteiger partial charge in [-0.2, -0.15) is 9.78 Å². The molecule has 166 valence electrons. The molecule has 1 N–H and O–H groups in total. The van der Waals surface area contributed by atoms with Gasteiger partial charge in [0.05, 0.1) is 22.9 Å². The molecule has 0 radical (unpaired) electrons. The molecule has 0 saturated heterocycles. The Hall–Kier alpha value is -3.44. The number of hydrogen-bond donors (Lipinski definition) is 1. The Morgan fingerprint density at radius 1 is 1.12 bits per heavy atom. The number of aromatic nitrogens is 4. The van der Waals surface area contributed by atoms with Crippen molar-refractivity contribution >= 4 is 11.3 Å². The topological polar surface area (TPSA) is 82.2 Å². The summed E-state index contributed by atoms with van der Waals surface area (Å²) in [7, 11) is 0. The van der Waals surface area contributed by atoms with E-state index in [4.69, 9.17) is 9.84 Å². The standard InChI is InChI=1S/C21H17F3N4O3S/c1-12-20(32-19(26-12)7-8-29)31-18-6-5-13(9-17(18)24)28-21(30)27(11-25-28)10-14-15(22)3-2-4-16(14)23/h2-6,9,11,29H,7-8,10H2,1H3. The van der Waals surface area contributed by atoms with E-state index in [1.54, 1.807) is 6.92 Å². The predicted molar refractivity (Wildman–Crippen MR) is 111 cm³/mol. The van der Waals surface area contributed by atoms with E-state index in [0.717, 1.165) is 33.8 Å². The van der Waals surface area contributed by atoms with Crippen LogP contribution in [0.1, 0.15) is 16.3 Å². The van der Waals surface area contributed by atoms with Crippen LogP contribution in [0, 0.1) is 24.4 Å². The SMILES string of the molecule is Cc1nc(CCO)sc1Oc1ccc(-n2ncn(Cc3c(F)cccc3F)c2=O)cc1F. The van der Waals surface area contributed by atoms with Gasteiger partial charge in [-0.1, -0.05) is 17.4 Å². The minimum atomic E-state index is -0.780. The molecule has 0 saturated carbocycles. The number of aliphatic hydroxyl groups excluding tert-OH is 1. The molecule has 2 aromatic carbocycles. The quantitative estimate of drug-likeness (QED) is 0.454. The molecular weight excluding hydrogens is 445 g/mol. The number of hydrogen-bond acceptors (Lipinski definition) is 6. The molecule has 11 heteroatoms. The second-order valence-corrected chi connectivity index (χ2v) is 7.87. The first-order valence-electron chi connectivity index (χ1n) is 9.49. The zero-order valence-corrected chi connectivity index (χ0v) is 17.6. The van der Waals surface area contributed by atoms with Crippen LogP contribution < -0.4 is 10.4 Å². The van der Waals surface area contributed by atoms with Crippen LogP contribution in [0.2, 0.25) is 0 Å². The van der Waals surface area contributed by atoms with Crippen LogP contribution >= 0.6 is 11.3 Å². The van der Waals surface area contributed by atoms with Crippen LogP contribution in [0.3, 0.4) is 0 Å². The average molecular weight is 462 g/mol. The Labute approximate surface area is 184 Å². The lowest BCUT2D eigenvalue weighted by molar-refractivity contribution is 0.299. The number of nitrogens with zero attached hydrogens (tertiary/aromatic N) is 4. The average Bonchev–Trinajstić information content (AvgIpc) is 3.28. The maximum Gasteiger partial charge on any atom is 0.350 e. The van der Waals surface area contributed by atoms with Crippen LogP contribution in [0.15, 0.2) is 47.5 Å². The molecule has 7 nitrogen and oxygen atoms in total. The molecule has 4 aromatic rings. The monoisotopic (exact) mass is 462 g/mol. The van der Waals surface area contributed by atoms with Crippen molar-refractivity contribution in [3.63, 3.8) is 0 Å². The third-order valence-electron chi connectivity index (χ3n) is 4.61. The van der Waals surface area contributed by atoms with Gasteiger partial charge in [-0.15, -0.1) is 0 Å². The van der Waals surface area contributed by atoms with Gasteiger partial charge in [0.2, 0.25) is 5.06 Å². The molecule has 0 unspecified atom stereocenters. The van der Waals surface area contributed by atoms with E-state index in [9.17, 15) is 18.0 Å². The van der Waals surface area contributed by atoms with E-state index in [-0.39, 0.29) is 30.2 Å². The number of aryl methyl sites for hydroxylation is 1. The molecule has 0 fully saturated rings. The van der Waals surface area contributed by atoms with Gasteiger partial charge in [0.1, 0.15) is 18.0 Å². The third-order valence-corrected chi connectivity index (χ3v) is 5.71. The van der Waals surface area contributed by atoms with E-state index in [1.165, 1.54) is 29.5 Å². The van der Waals surface area contributed by atoms with Crippen molar-refractivity contribution in [1.82, 2.24) is 19.3 Å². The van der Waals surface area contributed by atoms with Crippen molar-refractivity contribution < 1.29 is 23.0 Å². The minimum Gasteiger partial charge on any atom is -0.442 e. The van der Waals surface area contributed by atoms with Crippen LogP contribution in [0.4, 0.5) is 13.2 Å². The summed E-state index contributed by atoms with van der Waals surface area (Å²) in [6.07, 6.45) is 1.50. The minimum absolute atomic E-state index is 0.0552. The predicted octanol–water partition coefficient (Wildman–Crippen LogP) is 3.59. The summed E-state index contributed by atoms with van der Waals surface area (Å²) in [6, 6.07) is 7.28. The fourth-order valence-electron chi connectivity index (χ4n) is 3.01. The number of thiazole rings is 1. The lowest BCUT2D eigenvalue weighted by atomic mass is 10.2. The van der Waals surface area contributed by atoms with E-state index < -0.39 is 23.1 Å². The molecule has 0 atom stereocenters. The van der Waals surface area contributed by atoms with Crippen molar-refractivity contribution in [1.29, 1.82) is 0 Å². The highest BCUT2D eigenvalue weighted by molar-refractivity contribution is 7.13. The molecule has 4 rings (SSSR count). The maximum atomic E-state index is 14.7. The summed E-state index contributed by atoms with van der Waals surface area (Å²) in [4.78, 5) is 16.9. The van der Waals surface area contributed by atoms with Crippen LogP contribution in [0.25, 0.3) is 5.69 Å². The Kier molecular flexibility index (Phi) is 6.10. The summed E-state index contributed by atoms with van der Waals surface area (Å²) in [5, 5.41) is 14.0. The van der Waals surface area contributed by atoms with Gasteiger partial charge in [-0.25, -0.2) is 22.9 Å². The first-order chi connectivity index (χ1) is 15.4. The van der Waals surface area contributed by atoms with E-state index >= 15 is 0 Å². The normalized spacial score (nSPS) is 11.2. The largest absolute Gasteiger partial charge is 0.442 e. The Morgan fingerprint density at radius 3 is 2.56 bits per heavy atom. The number of rotatable bonds is 7. The van der Waals surface area contributed by atoms with Crippen LogP contribution in [0.5, 0.6) is 10.8 Å². The summed E-state index contributed by atoms with van der Waals surface area (Å²) in [5.41, 5.74) is -0.274. The van der Waals surface area contributed by atoms with E-state index in [1.807, 2.05) is 0 Å². The smallest absolute Gasteiger partial charge is 0.350 e. The molecule has 0 aliphatic rings. The molecule has 0 spiro atoms. The van der Waals surface area contributed by atoms with E-state index in [2.05, 4.69) is 10.1 Å². The Balaban J connectivity index is 1.58. The highest BCUT2D eigenvalue weighted by Gasteiger charge is 2.16. The molecular formula is C21H17F3N4O3S. The molecule has 0 aliphatic carbocycles. The van der Waals surface area contributed by atoms with Crippen molar-refractivity contribution in [3.8, 4) is 16.5 Å². The van der Waals surface area contributed by atoms with Crippen LogP contribution in [-0.4, -0.2) is 31.0 Å². The third kappa shape index (κ3) is 4.30. The summed E-state index contributed by atoms with van der Waals surface area (Å²) in [6.45, 7) is 1.30.